The molecule has 0 aromatic rings. The van der Waals surface area contributed by atoms with E-state index in [-0.39, 0.29) is 12.5 Å². The van der Waals surface area contributed by atoms with Crippen molar-refractivity contribution in [2.45, 2.75) is 58.3 Å². The lowest BCUT2D eigenvalue weighted by molar-refractivity contribution is -0.149. The lowest BCUT2D eigenvalue weighted by Gasteiger charge is -2.28. The van der Waals surface area contributed by atoms with E-state index in [1.54, 1.807) is 0 Å². The summed E-state index contributed by atoms with van der Waals surface area (Å²) < 4.78 is 5.26. The number of carboxylic acid groups (broad SMARTS) is 1. The molecule has 2 N–H and O–H groups in total. The van der Waals surface area contributed by atoms with E-state index < -0.39 is 11.4 Å². The quantitative estimate of drug-likeness (QED) is 0.530. The monoisotopic (exact) mass is 285 g/mol. The SMILES string of the molecule is CCCOCCC(=O)NCC1(C(=O)O)CCCCCC1. The molecular weight excluding hydrogens is 258 g/mol. The first kappa shape index (κ1) is 17.0. The van der Waals surface area contributed by atoms with Crippen LogP contribution in [0.3, 0.4) is 0 Å². The number of carbonyl (C=O) groups excluding carboxylic acids is 1. The van der Waals surface area contributed by atoms with Gasteiger partial charge in [-0.05, 0) is 19.3 Å². The van der Waals surface area contributed by atoms with E-state index in [1.807, 2.05) is 6.92 Å². The summed E-state index contributed by atoms with van der Waals surface area (Å²) in [6.07, 6.45) is 6.61. The zero-order valence-corrected chi connectivity index (χ0v) is 12.5. The molecule has 0 spiro atoms. The van der Waals surface area contributed by atoms with Crippen LogP contribution in [0.1, 0.15) is 58.3 Å². The molecule has 20 heavy (non-hydrogen) atoms. The summed E-state index contributed by atoms with van der Waals surface area (Å²) in [5.74, 6) is -0.895. The first-order valence-electron chi connectivity index (χ1n) is 7.68. The van der Waals surface area contributed by atoms with Crippen molar-refractivity contribution < 1.29 is 19.4 Å². The minimum absolute atomic E-state index is 0.119. The third kappa shape index (κ3) is 5.49. The van der Waals surface area contributed by atoms with Crippen molar-refractivity contribution in [2.24, 2.45) is 5.41 Å². The molecular formula is C15H27NO4. The van der Waals surface area contributed by atoms with Crippen molar-refractivity contribution in [3.05, 3.63) is 0 Å². The van der Waals surface area contributed by atoms with Gasteiger partial charge in [-0.2, -0.15) is 0 Å². The predicted octanol–water partition coefficient (Wildman–Crippen LogP) is 2.34. The summed E-state index contributed by atoms with van der Waals surface area (Å²) in [5.41, 5.74) is -0.767. The van der Waals surface area contributed by atoms with Crippen molar-refractivity contribution in [3.63, 3.8) is 0 Å². The molecule has 1 fully saturated rings. The fourth-order valence-corrected chi connectivity index (χ4v) is 2.64. The Labute approximate surface area is 121 Å². The Kier molecular flexibility index (Phi) is 7.59. The zero-order valence-electron chi connectivity index (χ0n) is 12.5. The Balaban J connectivity index is 2.38. The van der Waals surface area contributed by atoms with Gasteiger partial charge < -0.3 is 15.2 Å². The van der Waals surface area contributed by atoms with Crippen LogP contribution in [0.5, 0.6) is 0 Å². The van der Waals surface area contributed by atoms with E-state index in [2.05, 4.69) is 5.32 Å². The number of rotatable bonds is 8. The molecule has 0 aromatic carbocycles. The number of carboxylic acids is 1. The third-order valence-corrected chi connectivity index (χ3v) is 3.96. The molecule has 5 heteroatoms. The molecule has 1 saturated carbocycles. The number of amides is 1. The normalized spacial score (nSPS) is 18.2. The van der Waals surface area contributed by atoms with Crippen molar-refractivity contribution >= 4 is 11.9 Å². The molecule has 0 aromatic heterocycles. The molecule has 0 radical (unpaired) electrons. The molecule has 0 bridgehead atoms. The van der Waals surface area contributed by atoms with Gasteiger partial charge in [-0.3, -0.25) is 9.59 Å². The van der Waals surface area contributed by atoms with Crippen LogP contribution in [-0.4, -0.2) is 36.7 Å². The van der Waals surface area contributed by atoms with E-state index in [0.29, 0.717) is 32.5 Å². The van der Waals surface area contributed by atoms with Gasteiger partial charge in [-0.1, -0.05) is 32.6 Å². The summed E-state index contributed by atoms with van der Waals surface area (Å²) >= 11 is 0. The number of hydrogen-bond acceptors (Lipinski definition) is 3. The van der Waals surface area contributed by atoms with Crippen LogP contribution in [0.25, 0.3) is 0 Å². The average molecular weight is 285 g/mol. The molecule has 1 aliphatic carbocycles. The van der Waals surface area contributed by atoms with Crippen molar-refractivity contribution in [2.75, 3.05) is 19.8 Å². The van der Waals surface area contributed by atoms with E-state index in [4.69, 9.17) is 4.74 Å². The van der Waals surface area contributed by atoms with Crippen LogP contribution in [0.15, 0.2) is 0 Å². The number of carbonyl (C=O) groups is 2. The minimum atomic E-state index is -0.776. The van der Waals surface area contributed by atoms with Gasteiger partial charge in [-0.25, -0.2) is 0 Å². The van der Waals surface area contributed by atoms with Gasteiger partial charge in [-0.15, -0.1) is 0 Å². The van der Waals surface area contributed by atoms with Crippen LogP contribution in [0, 0.1) is 5.41 Å². The first-order chi connectivity index (χ1) is 9.60. The minimum Gasteiger partial charge on any atom is -0.481 e. The molecule has 0 atom stereocenters. The molecule has 5 nitrogen and oxygen atoms in total. The van der Waals surface area contributed by atoms with E-state index in [0.717, 1.165) is 32.1 Å². The summed E-state index contributed by atoms with van der Waals surface area (Å²) in [4.78, 5) is 23.3. The molecule has 0 unspecified atom stereocenters. The van der Waals surface area contributed by atoms with E-state index >= 15 is 0 Å². The predicted molar refractivity (Wildman–Crippen MR) is 76.5 cm³/mol. The zero-order chi connectivity index (χ0) is 14.8. The van der Waals surface area contributed by atoms with Gasteiger partial charge in [0.25, 0.3) is 0 Å². The summed E-state index contributed by atoms with van der Waals surface area (Å²) in [7, 11) is 0. The fraction of sp³-hybridized carbons (Fsp3) is 0.867. The number of nitrogens with one attached hydrogen (secondary N) is 1. The second kappa shape index (κ2) is 8.95. The lowest BCUT2D eigenvalue weighted by atomic mass is 9.80. The Morgan fingerprint density at radius 2 is 1.80 bits per heavy atom. The van der Waals surface area contributed by atoms with Crippen molar-refractivity contribution in [3.8, 4) is 0 Å². The van der Waals surface area contributed by atoms with Gasteiger partial charge >= 0.3 is 5.97 Å². The lowest BCUT2D eigenvalue weighted by Crippen LogP contribution is -2.43. The highest BCUT2D eigenvalue weighted by Gasteiger charge is 2.38. The van der Waals surface area contributed by atoms with Crippen LogP contribution in [0.4, 0.5) is 0 Å². The Hall–Kier alpha value is -1.10. The largest absolute Gasteiger partial charge is 0.481 e. The van der Waals surface area contributed by atoms with Crippen LogP contribution >= 0.6 is 0 Å². The number of hydrogen-bond donors (Lipinski definition) is 2. The van der Waals surface area contributed by atoms with Gasteiger partial charge in [0.1, 0.15) is 0 Å². The topological polar surface area (TPSA) is 75.6 Å². The van der Waals surface area contributed by atoms with E-state index in [9.17, 15) is 14.7 Å². The molecule has 1 aliphatic rings. The second-order valence-electron chi connectivity index (χ2n) is 5.64. The molecule has 0 saturated heterocycles. The van der Waals surface area contributed by atoms with Gasteiger partial charge in [0, 0.05) is 19.6 Å². The first-order valence-corrected chi connectivity index (χ1v) is 7.68. The Morgan fingerprint density at radius 3 is 2.35 bits per heavy atom. The van der Waals surface area contributed by atoms with Crippen molar-refractivity contribution in [1.29, 1.82) is 0 Å². The smallest absolute Gasteiger partial charge is 0.311 e. The van der Waals surface area contributed by atoms with Crippen molar-refractivity contribution in [1.82, 2.24) is 5.32 Å². The van der Waals surface area contributed by atoms with Crippen LogP contribution in [-0.2, 0) is 14.3 Å². The summed E-state index contributed by atoms with van der Waals surface area (Å²) in [6, 6.07) is 0. The highest BCUT2D eigenvalue weighted by atomic mass is 16.5. The standard InChI is InChI=1S/C15H27NO4/c1-2-10-20-11-7-13(17)16-12-15(14(18)19)8-5-3-4-6-9-15/h2-12H2,1H3,(H,16,17)(H,18,19). The van der Waals surface area contributed by atoms with Gasteiger partial charge in [0.2, 0.25) is 5.91 Å². The molecule has 116 valence electrons. The molecule has 1 rings (SSSR count). The number of aliphatic carboxylic acids is 1. The summed E-state index contributed by atoms with van der Waals surface area (Å²) in [6.45, 7) is 3.32. The summed E-state index contributed by atoms with van der Waals surface area (Å²) in [5, 5.41) is 12.3. The third-order valence-electron chi connectivity index (χ3n) is 3.96. The molecule has 1 amide bonds. The molecule has 0 heterocycles. The van der Waals surface area contributed by atoms with Crippen LogP contribution in [0.2, 0.25) is 0 Å². The van der Waals surface area contributed by atoms with Gasteiger partial charge in [0.05, 0.1) is 12.0 Å². The maximum atomic E-state index is 11.7. The van der Waals surface area contributed by atoms with Crippen LogP contribution < -0.4 is 5.32 Å². The maximum absolute atomic E-state index is 11.7. The second-order valence-corrected chi connectivity index (χ2v) is 5.64. The fourth-order valence-electron chi connectivity index (χ4n) is 2.64. The van der Waals surface area contributed by atoms with E-state index in [1.165, 1.54) is 0 Å². The highest BCUT2D eigenvalue weighted by Crippen LogP contribution is 2.34. The average Bonchev–Trinajstić information content (AvgIpc) is 2.68. The highest BCUT2D eigenvalue weighted by molar-refractivity contribution is 5.79. The maximum Gasteiger partial charge on any atom is 0.311 e. The van der Waals surface area contributed by atoms with Gasteiger partial charge in [0.15, 0.2) is 0 Å². The Morgan fingerprint density at radius 1 is 1.15 bits per heavy atom. The molecule has 0 aliphatic heterocycles. The Bertz CT molecular complexity index is 309. The number of ether oxygens (including phenoxy) is 1.